The average molecular weight is 363 g/mol. The third-order valence-corrected chi connectivity index (χ3v) is 8.17. The Hall–Kier alpha value is -0.750. The van der Waals surface area contributed by atoms with Crippen molar-refractivity contribution >= 4 is 61.9 Å². The molecule has 1 aliphatic rings. The van der Waals surface area contributed by atoms with Crippen molar-refractivity contribution in [3.8, 4) is 0 Å². The first-order valence-electron chi connectivity index (χ1n) is 7.05. The number of hydrogen-bond donors (Lipinski definition) is 0. The topological polar surface area (TPSA) is 17.1 Å². The van der Waals surface area contributed by atoms with Gasteiger partial charge in [-0.05, 0) is 27.6 Å². The van der Waals surface area contributed by atoms with Crippen LogP contribution in [0.5, 0.6) is 0 Å². The fraction of sp³-hybridized carbons (Fsp3) is 0.235. The standard InChI is InChI=1S/C17H14OS4/c18-5-15-14-10-20-7-12-3-1-2-11(4-12)6-19-8-13-9-21-17(22-15)16(13)14/h1-5,9H,6-8,10H2. The number of benzene rings is 1. The van der Waals surface area contributed by atoms with Gasteiger partial charge in [0.2, 0.25) is 0 Å². The third kappa shape index (κ3) is 2.75. The molecule has 0 amide bonds. The Balaban J connectivity index is 1.75. The van der Waals surface area contributed by atoms with Gasteiger partial charge in [-0.3, -0.25) is 4.79 Å². The fourth-order valence-corrected chi connectivity index (χ4v) is 7.27. The van der Waals surface area contributed by atoms with E-state index in [-0.39, 0.29) is 0 Å². The van der Waals surface area contributed by atoms with Crippen molar-refractivity contribution in [2.24, 2.45) is 0 Å². The van der Waals surface area contributed by atoms with E-state index in [1.165, 1.54) is 31.7 Å². The van der Waals surface area contributed by atoms with Crippen LogP contribution in [-0.4, -0.2) is 6.29 Å². The van der Waals surface area contributed by atoms with Gasteiger partial charge < -0.3 is 0 Å². The highest BCUT2D eigenvalue weighted by Crippen LogP contribution is 2.41. The Morgan fingerprint density at radius 3 is 2.55 bits per heavy atom. The van der Waals surface area contributed by atoms with Crippen LogP contribution in [0.1, 0.15) is 31.9 Å². The Kier molecular flexibility index (Phi) is 4.31. The highest BCUT2D eigenvalue weighted by molar-refractivity contribution is 7.98. The van der Waals surface area contributed by atoms with E-state index in [4.69, 9.17) is 0 Å². The molecule has 1 aliphatic heterocycles. The molecule has 0 radical (unpaired) electrons. The van der Waals surface area contributed by atoms with Crippen molar-refractivity contribution in [3.63, 3.8) is 0 Å². The number of thioether (sulfide) groups is 2. The first kappa shape index (κ1) is 14.8. The summed E-state index contributed by atoms with van der Waals surface area (Å²) in [6, 6.07) is 8.90. The average Bonchev–Trinajstić information content (AvgIpc) is 3.07. The van der Waals surface area contributed by atoms with Gasteiger partial charge in [0.05, 0.1) is 8.89 Å². The van der Waals surface area contributed by atoms with E-state index in [2.05, 4.69) is 29.6 Å². The van der Waals surface area contributed by atoms with Gasteiger partial charge in [0.15, 0.2) is 6.29 Å². The second-order valence-electron chi connectivity index (χ2n) is 5.29. The molecule has 5 heteroatoms. The SMILES string of the molecule is O=Cc1sc2scc3c2c1CSCc1cccc(c1)CSC3. The van der Waals surface area contributed by atoms with Crippen LogP contribution in [0.15, 0.2) is 29.6 Å². The van der Waals surface area contributed by atoms with E-state index < -0.39 is 0 Å². The van der Waals surface area contributed by atoms with Crippen LogP contribution in [0.2, 0.25) is 0 Å². The third-order valence-electron chi connectivity index (χ3n) is 3.78. The quantitative estimate of drug-likeness (QED) is 0.498. The minimum Gasteiger partial charge on any atom is -0.297 e. The summed E-state index contributed by atoms with van der Waals surface area (Å²) >= 11 is 7.32. The number of hydrogen-bond acceptors (Lipinski definition) is 5. The summed E-state index contributed by atoms with van der Waals surface area (Å²) in [5, 5.41) is 3.64. The number of carbonyl (C=O) groups excluding carboxylic acids is 1. The van der Waals surface area contributed by atoms with Crippen LogP contribution in [0, 0.1) is 0 Å². The van der Waals surface area contributed by atoms with Crippen molar-refractivity contribution in [1.82, 2.24) is 0 Å². The van der Waals surface area contributed by atoms with E-state index in [1.807, 2.05) is 23.5 Å². The molecule has 0 N–H and O–H groups in total. The molecule has 0 aliphatic carbocycles. The van der Waals surface area contributed by atoms with Crippen molar-refractivity contribution in [3.05, 3.63) is 56.8 Å². The lowest BCUT2D eigenvalue weighted by Crippen LogP contribution is -1.91. The zero-order valence-electron chi connectivity index (χ0n) is 11.8. The molecular formula is C17H14OS4. The summed E-state index contributed by atoms with van der Waals surface area (Å²) in [6.07, 6.45) is 1.04. The van der Waals surface area contributed by atoms with Gasteiger partial charge in [-0.15, -0.1) is 22.7 Å². The van der Waals surface area contributed by atoms with Gasteiger partial charge in [-0.2, -0.15) is 23.5 Å². The Bertz CT molecular complexity index is 830. The minimum atomic E-state index is 0.923. The van der Waals surface area contributed by atoms with Crippen LogP contribution in [0.25, 0.3) is 9.40 Å². The molecule has 0 atom stereocenters. The van der Waals surface area contributed by atoms with Gasteiger partial charge in [-0.25, -0.2) is 0 Å². The molecule has 0 spiro atoms. The first-order chi connectivity index (χ1) is 10.8. The van der Waals surface area contributed by atoms with Crippen molar-refractivity contribution in [2.75, 3.05) is 0 Å². The number of fused-ring (bicyclic) bond motifs is 2. The molecule has 0 saturated heterocycles. The molecule has 22 heavy (non-hydrogen) atoms. The fourth-order valence-electron chi connectivity index (χ4n) is 2.75. The van der Waals surface area contributed by atoms with Gasteiger partial charge >= 0.3 is 0 Å². The van der Waals surface area contributed by atoms with Gasteiger partial charge in [-0.1, -0.05) is 24.3 Å². The van der Waals surface area contributed by atoms with Gasteiger partial charge in [0.25, 0.3) is 0 Å². The molecule has 4 rings (SSSR count). The van der Waals surface area contributed by atoms with E-state index in [0.717, 1.165) is 34.2 Å². The summed E-state index contributed by atoms with van der Waals surface area (Å²) in [5.74, 6) is 4.01. The van der Waals surface area contributed by atoms with Gasteiger partial charge in [0, 0.05) is 28.4 Å². The normalized spacial score (nSPS) is 15.3. The zero-order valence-corrected chi connectivity index (χ0v) is 15.1. The van der Waals surface area contributed by atoms with E-state index >= 15 is 0 Å². The molecule has 2 bridgehead atoms. The highest BCUT2D eigenvalue weighted by Gasteiger charge is 2.17. The van der Waals surface area contributed by atoms with Crippen LogP contribution < -0.4 is 0 Å². The summed E-state index contributed by atoms with van der Waals surface area (Å²) in [7, 11) is 0. The maximum Gasteiger partial charge on any atom is 0.160 e. The van der Waals surface area contributed by atoms with Crippen LogP contribution >= 0.6 is 46.2 Å². The lowest BCUT2D eigenvalue weighted by atomic mass is 10.1. The van der Waals surface area contributed by atoms with Crippen LogP contribution in [0.3, 0.4) is 0 Å². The molecule has 1 nitrogen and oxygen atoms in total. The second-order valence-corrected chi connectivity index (χ2v) is 9.45. The lowest BCUT2D eigenvalue weighted by Gasteiger charge is -2.09. The largest absolute Gasteiger partial charge is 0.297 e. The Morgan fingerprint density at radius 2 is 1.77 bits per heavy atom. The Labute approximate surface area is 146 Å². The predicted octanol–water partition coefficient (Wildman–Crippen LogP) is 5.96. The zero-order chi connectivity index (χ0) is 14.9. The number of aldehydes is 1. The van der Waals surface area contributed by atoms with Crippen LogP contribution in [0.4, 0.5) is 0 Å². The predicted molar refractivity (Wildman–Crippen MR) is 102 cm³/mol. The van der Waals surface area contributed by atoms with Crippen molar-refractivity contribution in [2.45, 2.75) is 23.0 Å². The van der Waals surface area contributed by atoms with E-state index in [0.29, 0.717) is 0 Å². The molecule has 1 aromatic carbocycles. The smallest absolute Gasteiger partial charge is 0.160 e. The summed E-state index contributed by atoms with van der Waals surface area (Å²) in [6.45, 7) is 0. The number of rotatable bonds is 1. The van der Waals surface area contributed by atoms with Crippen molar-refractivity contribution < 1.29 is 4.79 Å². The molecule has 0 saturated carbocycles. The number of thiophene rings is 2. The molecule has 3 aromatic rings. The molecule has 0 fully saturated rings. The molecule has 3 heterocycles. The Morgan fingerprint density at radius 1 is 1.00 bits per heavy atom. The summed E-state index contributed by atoms with van der Waals surface area (Å²) in [4.78, 5) is 12.3. The van der Waals surface area contributed by atoms with Crippen LogP contribution in [-0.2, 0) is 23.0 Å². The monoisotopic (exact) mass is 362 g/mol. The molecular weight excluding hydrogens is 348 g/mol. The number of carbonyl (C=O) groups is 1. The van der Waals surface area contributed by atoms with E-state index in [1.54, 1.807) is 22.7 Å². The minimum absolute atomic E-state index is 0.923. The van der Waals surface area contributed by atoms with Crippen molar-refractivity contribution in [1.29, 1.82) is 0 Å². The maximum absolute atomic E-state index is 11.4. The maximum atomic E-state index is 11.4. The summed E-state index contributed by atoms with van der Waals surface area (Å²) < 4.78 is 1.31. The molecule has 2 aromatic heterocycles. The van der Waals surface area contributed by atoms with E-state index in [9.17, 15) is 4.79 Å². The highest BCUT2D eigenvalue weighted by atomic mass is 32.2. The second kappa shape index (κ2) is 6.40. The first-order valence-corrected chi connectivity index (χ1v) is 11.1. The summed E-state index contributed by atoms with van der Waals surface area (Å²) in [5.41, 5.74) is 5.46. The lowest BCUT2D eigenvalue weighted by molar-refractivity contribution is 0.112. The van der Waals surface area contributed by atoms with Gasteiger partial charge in [0.1, 0.15) is 0 Å². The molecule has 0 unspecified atom stereocenters. The molecule has 112 valence electrons.